The van der Waals surface area contributed by atoms with E-state index in [4.69, 9.17) is 12.2 Å². The van der Waals surface area contributed by atoms with Crippen LogP contribution < -0.4 is 20.9 Å². The van der Waals surface area contributed by atoms with Crippen LogP contribution in [0.1, 0.15) is 29.2 Å². The van der Waals surface area contributed by atoms with E-state index < -0.39 is 6.36 Å². The SMILES string of the molecule is CC(=NNc1ccc(C=NNC(=S)Nc2c(C)cccc2C)cc1)c1ccccc1OC(F)(F)F. The van der Waals surface area contributed by atoms with E-state index in [0.717, 1.165) is 22.4 Å². The van der Waals surface area contributed by atoms with Crippen molar-refractivity contribution in [3.8, 4) is 5.75 Å². The summed E-state index contributed by atoms with van der Waals surface area (Å²) in [4.78, 5) is 0. The first-order valence-electron chi connectivity index (χ1n) is 10.5. The molecule has 0 saturated heterocycles. The van der Waals surface area contributed by atoms with Gasteiger partial charge < -0.3 is 10.1 Å². The number of ether oxygens (including phenoxy) is 1. The van der Waals surface area contributed by atoms with Gasteiger partial charge in [-0.2, -0.15) is 10.2 Å². The van der Waals surface area contributed by atoms with Crippen molar-refractivity contribution < 1.29 is 17.9 Å². The number of hydrazone groups is 2. The predicted molar refractivity (Wildman–Crippen MR) is 138 cm³/mol. The molecule has 3 aromatic rings. The topological polar surface area (TPSA) is 70.0 Å². The van der Waals surface area contributed by atoms with Gasteiger partial charge in [0.05, 0.1) is 17.6 Å². The van der Waals surface area contributed by atoms with Crippen molar-refractivity contribution >= 4 is 40.6 Å². The standard InChI is InChI=1S/C25H24F3N5OS/c1-16-7-6-8-17(2)23(16)30-24(35)33-29-15-19-11-13-20(14-12-19)32-31-18(3)21-9-4-5-10-22(21)34-25(26,27)28/h4-15,32H,1-3H3,(H2,30,33,35). The third-order valence-corrected chi connectivity index (χ3v) is 5.06. The van der Waals surface area contributed by atoms with Crippen LogP contribution in [0, 0.1) is 13.8 Å². The first-order valence-corrected chi connectivity index (χ1v) is 10.9. The summed E-state index contributed by atoms with van der Waals surface area (Å²) in [5.41, 5.74) is 10.8. The van der Waals surface area contributed by atoms with E-state index in [-0.39, 0.29) is 11.3 Å². The smallest absolute Gasteiger partial charge is 0.405 e. The van der Waals surface area contributed by atoms with Gasteiger partial charge in [-0.15, -0.1) is 13.2 Å². The number of thiocarbonyl (C=S) groups is 1. The Morgan fingerprint density at radius 1 is 0.943 bits per heavy atom. The maximum atomic E-state index is 12.6. The van der Waals surface area contributed by atoms with Crippen LogP contribution in [0.25, 0.3) is 0 Å². The molecule has 0 aliphatic heterocycles. The minimum Gasteiger partial charge on any atom is -0.405 e. The lowest BCUT2D eigenvalue weighted by Crippen LogP contribution is -2.24. The average Bonchev–Trinajstić information content (AvgIpc) is 2.80. The number of para-hydroxylation sites is 2. The number of rotatable bonds is 7. The molecule has 182 valence electrons. The highest BCUT2D eigenvalue weighted by Crippen LogP contribution is 2.26. The van der Waals surface area contributed by atoms with Crippen molar-refractivity contribution in [2.24, 2.45) is 10.2 Å². The molecule has 3 N–H and O–H groups in total. The maximum Gasteiger partial charge on any atom is 0.573 e. The van der Waals surface area contributed by atoms with Gasteiger partial charge in [-0.3, -0.25) is 10.9 Å². The second-order valence-electron chi connectivity index (χ2n) is 7.57. The van der Waals surface area contributed by atoms with Gasteiger partial charge in [0.1, 0.15) is 5.75 Å². The van der Waals surface area contributed by atoms with E-state index >= 15 is 0 Å². The Balaban J connectivity index is 1.57. The molecule has 0 atom stereocenters. The maximum absolute atomic E-state index is 12.6. The number of hydrogen-bond donors (Lipinski definition) is 3. The molecule has 0 spiro atoms. The highest BCUT2D eigenvalue weighted by molar-refractivity contribution is 7.80. The third-order valence-electron chi connectivity index (χ3n) is 4.87. The van der Waals surface area contributed by atoms with Gasteiger partial charge in [0.2, 0.25) is 0 Å². The molecular weight excluding hydrogens is 475 g/mol. The molecule has 10 heteroatoms. The molecule has 35 heavy (non-hydrogen) atoms. The Morgan fingerprint density at radius 2 is 1.60 bits per heavy atom. The van der Waals surface area contributed by atoms with Crippen LogP contribution in [0.15, 0.2) is 76.9 Å². The number of benzene rings is 3. The van der Waals surface area contributed by atoms with Crippen LogP contribution in [0.2, 0.25) is 0 Å². The van der Waals surface area contributed by atoms with Gasteiger partial charge in [0.15, 0.2) is 5.11 Å². The van der Waals surface area contributed by atoms with E-state index in [2.05, 4.69) is 31.1 Å². The van der Waals surface area contributed by atoms with E-state index in [0.29, 0.717) is 16.5 Å². The van der Waals surface area contributed by atoms with Crippen LogP contribution in [-0.2, 0) is 0 Å². The van der Waals surface area contributed by atoms with Gasteiger partial charge in [0, 0.05) is 11.3 Å². The van der Waals surface area contributed by atoms with Crippen molar-refractivity contribution in [2.45, 2.75) is 27.1 Å². The largest absolute Gasteiger partial charge is 0.573 e. The van der Waals surface area contributed by atoms with Crippen molar-refractivity contribution in [2.75, 3.05) is 10.7 Å². The number of halogens is 3. The molecule has 0 heterocycles. The molecule has 0 fully saturated rings. The zero-order valence-corrected chi connectivity index (χ0v) is 20.1. The van der Waals surface area contributed by atoms with E-state index in [9.17, 15) is 13.2 Å². The summed E-state index contributed by atoms with van der Waals surface area (Å²) < 4.78 is 42.0. The van der Waals surface area contributed by atoms with E-state index in [1.165, 1.54) is 18.2 Å². The molecule has 3 rings (SSSR count). The van der Waals surface area contributed by atoms with Crippen LogP contribution in [0.5, 0.6) is 5.75 Å². The molecular formula is C25H24F3N5OS. The number of anilines is 2. The predicted octanol–water partition coefficient (Wildman–Crippen LogP) is 6.36. The first-order chi connectivity index (χ1) is 16.6. The summed E-state index contributed by atoms with van der Waals surface area (Å²) in [6.07, 6.45) is -3.17. The number of hydrogen-bond acceptors (Lipinski definition) is 5. The summed E-state index contributed by atoms with van der Waals surface area (Å²) in [6, 6.07) is 19.0. The third kappa shape index (κ3) is 7.82. The summed E-state index contributed by atoms with van der Waals surface area (Å²) in [7, 11) is 0. The molecule has 0 saturated carbocycles. The molecule has 0 radical (unpaired) electrons. The van der Waals surface area contributed by atoms with Gasteiger partial charge in [-0.25, -0.2) is 0 Å². The lowest BCUT2D eigenvalue weighted by molar-refractivity contribution is -0.274. The van der Waals surface area contributed by atoms with E-state index in [1.54, 1.807) is 43.5 Å². The molecule has 0 aromatic heterocycles. The average molecular weight is 500 g/mol. The van der Waals surface area contributed by atoms with Gasteiger partial charge >= 0.3 is 6.36 Å². The normalized spacial score (nSPS) is 11.9. The summed E-state index contributed by atoms with van der Waals surface area (Å²) >= 11 is 5.30. The minimum absolute atomic E-state index is 0.234. The van der Waals surface area contributed by atoms with Crippen LogP contribution in [0.4, 0.5) is 24.5 Å². The monoisotopic (exact) mass is 499 g/mol. The second kappa shape index (κ2) is 11.5. The zero-order valence-electron chi connectivity index (χ0n) is 19.3. The number of alkyl halides is 3. The fourth-order valence-electron chi connectivity index (χ4n) is 3.15. The van der Waals surface area contributed by atoms with Crippen molar-refractivity contribution in [3.63, 3.8) is 0 Å². The summed E-state index contributed by atoms with van der Waals surface area (Å²) in [6.45, 7) is 5.59. The van der Waals surface area contributed by atoms with Crippen LogP contribution in [-0.4, -0.2) is 23.4 Å². The Bertz CT molecular complexity index is 1220. The molecule has 0 aliphatic rings. The van der Waals surface area contributed by atoms with Crippen LogP contribution in [0.3, 0.4) is 0 Å². The van der Waals surface area contributed by atoms with Gasteiger partial charge in [-0.1, -0.05) is 42.5 Å². The minimum atomic E-state index is -4.78. The Hall–Kier alpha value is -3.92. The molecule has 0 unspecified atom stereocenters. The summed E-state index contributed by atoms with van der Waals surface area (Å²) in [5.74, 6) is -0.313. The molecule has 3 aromatic carbocycles. The zero-order chi connectivity index (χ0) is 25.4. The Labute approximate surface area is 206 Å². The highest BCUT2D eigenvalue weighted by Gasteiger charge is 2.32. The van der Waals surface area contributed by atoms with Crippen molar-refractivity contribution in [3.05, 3.63) is 89.0 Å². The van der Waals surface area contributed by atoms with E-state index in [1.807, 2.05) is 32.0 Å². The molecule has 6 nitrogen and oxygen atoms in total. The molecule has 0 amide bonds. The van der Waals surface area contributed by atoms with Crippen LogP contribution >= 0.6 is 12.2 Å². The Morgan fingerprint density at radius 3 is 2.26 bits per heavy atom. The van der Waals surface area contributed by atoms with Crippen molar-refractivity contribution in [1.82, 2.24) is 5.43 Å². The Kier molecular flexibility index (Phi) is 8.43. The first kappa shape index (κ1) is 25.7. The lowest BCUT2D eigenvalue weighted by atomic mass is 10.1. The number of nitrogens with one attached hydrogen (secondary N) is 3. The number of aryl methyl sites for hydroxylation is 2. The van der Waals surface area contributed by atoms with Crippen molar-refractivity contribution in [1.29, 1.82) is 0 Å². The highest BCUT2D eigenvalue weighted by atomic mass is 32.1. The fraction of sp³-hybridized carbons (Fsp3) is 0.160. The van der Waals surface area contributed by atoms with Gasteiger partial charge in [-0.05, 0) is 73.9 Å². The molecule has 0 bridgehead atoms. The quantitative estimate of drug-likeness (QED) is 0.201. The lowest BCUT2D eigenvalue weighted by Gasteiger charge is -2.13. The fourth-order valence-corrected chi connectivity index (χ4v) is 3.30. The van der Waals surface area contributed by atoms with Gasteiger partial charge in [0.25, 0.3) is 0 Å². The number of nitrogens with zero attached hydrogens (tertiary/aromatic N) is 2. The molecule has 0 aliphatic carbocycles. The second-order valence-corrected chi connectivity index (χ2v) is 7.97. The summed E-state index contributed by atoms with van der Waals surface area (Å²) in [5, 5.41) is 11.8.